The second-order valence-corrected chi connectivity index (χ2v) is 5.42. The molecule has 0 saturated heterocycles. The Kier molecular flexibility index (Phi) is 4.44. The SMILES string of the molecule is CC(c1ncccc1O)=[N+](Cl)OCc1cccc2ccccc12. The standard InChI is InChI=1S/C18H15ClN2O2/c1-13(18-17(22)10-5-11-20-18)21(19)23-12-15-8-4-7-14-6-2-3-9-16(14)15/h2-11H,12H2,1H3/p+1. The Morgan fingerprint density at radius 1 is 1.13 bits per heavy atom. The van der Waals surface area contributed by atoms with Crippen LogP contribution in [0.5, 0.6) is 5.75 Å². The molecule has 0 amide bonds. The van der Waals surface area contributed by atoms with Crippen molar-refractivity contribution in [1.29, 1.82) is 0 Å². The number of pyridine rings is 1. The lowest BCUT2D eigenvalue weighted by atomic mass is 10.1. The van der Waals surface area contributed by atoms with Gasteiger partial charge >= 0.3 is 11.8 Å². The molecule has 0 aliphatic carbocycles. The molecule has 0 atom stereocenters. The first-order chi connectivity index (χ1) is 11.2. The summed E-state index contributed by atoms with van der Waals surface area (Å²) >= 11 is 6.16. The molecule has 116 valence electrons. The number of benzene rings is 2. The van der Waals surface area contributed by atoms with E-state index >= 15 is 0 Å². The molecule has 0 fully saturated rings. The van der Waals surface area contributed by atoms with E-state index in [9.17, 15) is 5.11 Å². The highest BCUT2D eigenvalue weighted by Gasteiger charge is 2.19. The summed E-state index contributed by atoms with van der Waals surface area (Å²) in [5.74, 6) is 0.0596. The molecule has 0 spiro atoms. The Balaban J connectivity index is 1.84. The molecule has 0 radical (unpaired) electrons. The van der Waals surface area contributed by atoms with Crippen molar-refractivity contribution in [2.45, 2.75) is 13.5 Å². The minimum absolute atomic E-state index is 0.0596. The van der Waals surface area contributed by atoms with Gasteiger partial charge in [-0.2, -0.15) is 0 Å². The molecule has 4 nitrogen and oxygen atoms in total. The van der Waals surface area contributed by atoms with Gasteiger partial charge in [0.2, 0.25) is 0 Å². The lowest BCUT2D eigenvalue weighted by Gasteiger charge is -2.05. The maximum atomic E-state index is 9.83. The lowest BCUT2D eigenvalue weighted by molar-refractivity contribution is -0.688. The maximum absolute atomic E-state index is 9.83. The number of halogens is 1. The van der Waals surface area contributed by atoms with Crippen LogP contribution in [0.3, 0.4) is 0 Å². The van der Waals surface area contributed by atoms with E-state index in [1.165, 1.54) is 0 Å². The third-order valence-electron chi connectivity index (χ3n) is 3.61. The topological polar surface area (TPSA) is 45.4 Å². The van der Waals surface area contributed by atoms with Crippen LogP contribution in [0, 0.1) is 0 Å². The average Bonchev–Trinajstić information content (AvgIpc) is 2.59. The van der Waals surface area contributed by atoms with E-state index < -0.39 is 0 Å². The number of fused-ring (bicyclic) bond motifs is 1. The lowest BCUT2D eigenvalue weighted by Crippen LogP contribution is -2.13. The third kappa shape index (κ3) is 3.27. The minimum Gasteiger partial charge on any atom is -0.505 e. The predicted octanol–water partition coefficient (Wildman–Crippen LogP) is 4.05. The van der Waals surface area contributed by atoms with E-state index in [1.807, 2.05) is 30.3 Å². The van der Waals surface area contributed by atoms with Gasteiger partial charge in [-0.15, -0.1) is 0 Å². The number of rotatable bonds is 4. The fourth-order valence-corrected chi connectivity index (χ4v) is 2.53. The van der Waals surface area contributed by atoms with Crippen molar-refractivity contribution in [3.05, 3.63) is 72.1 Å². The predicted molar refractivity (Wildman–Crippen MR) is 90.5 cm³/mol. The molecule has 1 heterocycles. The van der Waals surface area contributed by atoms with Crippen molar-refractivity contribution < 1.29 is 14.2 Å². The van der Waals surface area contributed by atoms with Crippen LogP contribution in [-0.2, 0) is 11.4 Å². The normalized spacial score (nSPS) is 12.1. The second kappa shape index (κ2) is 6.67. The smallest absolute Gasteiger partial charge is 0.319 e. The van der Waals surface area contributed by atoms with E-state index in [-0.39, 0.29) is 5.75 Å². The van der Waals surface area contributed by atoms with E-state index in [2.05, 4.69) is 17.1 Å². The molecule has 3 aromatic rings. The third-order valence-corrected chi connectivity index (χ3v) is 3.96. The maximum Gasteiger partial charge on any atom is 0.319 e. The summed E-state index contributed by atoms with van der Waals surface area (Å²) in [5, 5.41) is 12.1. The quantitative estimate of drug-likeness (QED) is 0.447. The van der Waals surface area contributed by atoms with E-state index in [1.54, 1.807) is 25.3 Å². The number of aromatic nitrogens is 1. The van der Waals surface area contributed by atoms with Gasteiger partial charge in [0.1, 0.15) is 5.75 Å². The highest BCUT2D eigenvalue weighted by Crippen LogP contribution is 2.20. The molecule has 5 heteroatoms. The van der Waals surface area contributed by atoms with Gasteiger partial charge in [-0.05, 0) is 22.9 Å². The van der Waals surface area contributed by atoms with E-state index in [0.29, 0.717) is 18.0 Å². The Hall–Kier alpha value is -2.59. The Bertz CT molecular complexity index is 872. The van der Waals surface area contributed by atoms with Crippen molar-refractivity contribution in [3.63, 3.8) is 0 Å². The van der Waals surface area contributed by atoms with Crippen molar-refractivity contribution in [3.8, 4) is 5.75 Å². The minimum atomic E-state index is 0.0596. The van der Waals surface area contributed by atoms with Crippen LogP contribution >= 0.6 is 11.8 Å². The second-order valence-electron chi connectivity index (χ2n) is 5.11. The van der Waals surface area contributed by atoms with Gasteiger partial charge in [-0.3, -0.25) is 4.84 Å². The molecule has 0 aliphatic heterocycles. The van der Waals surface area contributed by atoms with Gasteiger partial charge in [-0.1, -0.05) is 42.5 Å². The van der Waals surface area contributed by atoms with Crippen LogP contribution in [0.4, 0.5) is 0 Å². The van der Waals surface area contributed by atoms with E-state index in [4.69, 9.17) is 16.6 Å². The zero-order chi connectivity index (χ0) is 16.2. The van der Waals surface area contributed by atoms with Crippen LogP contribution < -0.4 is 0 Å². The van der Waals surface area contributed by atoms with Crippen LogP contribution in [0.25, 0.3) is 10.8 Å². The zero-order valence-corrected chi connectivity index (χ0v) is 13.4. The molecule has 0 bridgehead atoms. The van der Waals surface area contributed by atoms with Crippen LogP contribution in [-0.4, -0.2) is 20.1 Å². The molecule has 0 unspecified atom stereocenters. The number of hydrogen-bond acceptors (Lipinski definition) is 3. The Morgan fingerprint density at radius 2 is 1.91 bits per heavy atom. The first-order valence-electron chi connectivity index (χ1n) is 7.20. The first kappa shape index (κ1) is 15.3. The monoisotopic (exact) mass is 327 g/mol. The molecular formula is C18H16ClN2O2+. The zero-order valence-electron chi connectivity index (χ0n) is 12.6. The Morgan fingerprint density at radius 3 is 2.74 bits per heavy atom. The van der Waals surface area contributed by atoms with Crippen molar-refractivity contribution in [2.24, 2.45) is 0 Å². The van der Waals surface area contributed by atoms with Crippen LogP contribution in [0.15, 0.2) is 60.8 Å². The van der Waals surface area contributed by atoms with Gasteiger partial charge in [-0.25, -0.2) is 4.98 Å². The molecule has 0 saturated carbocycles. The summed E-state index contributed by atoms with van der Waals surface area (Å²) in [7, 11) is 0. The summed E-state index contributed by atoms with van der Waals surface area (Å²) in [6, 6.07) is 17.4. The molecular weight excluding hydrogens is 312 g/mol. The molecule has 1 N–H and O–H groups in total. The van der Waals surface area contributed by atoms with Crippen molar-refractivity contribution in [2.75, 3.05) is 0 Å². The fourth-order valence-electron chi connectivity index (χ4n) is 2.40. The Labute approximate surface area is 139 Å². The van der Waals surface area contributed by atoms with Crippen LogP contribution in [0.1, 0.15) is 18.2 Å². The largest absolute Gasteiger partial charge is 0.505 e. The number of hydrogen-bond donors (Lipinski definition) is 1. The highest BCUT2D eigenvalue weighted by atomic mass is 35.5. The molecule has 23 heavy (non-hydrogen) atoms. The summed E-state index contributed by atoms with van der Waals surface area (Å²) < 4.78 is 1.11. The molecule has 2 aromatic carbocycles. The number of nitrogens with zero attached hydrogens (tertiary/aromatic N) is 2. The summed E-state index contributed by atoms with van der Waals surface area (Å²) in [5.41, 5.74) is 1.94. The van der Waals surface area contributed by atoms with Gasteiger partial charge < -0.3 is 5.11 Å². The summed E-state index contributed by atoms with van der Waals surface area (Å²) in [6.45, 7) is 2.05. The van der Waals surface area contributed by atoms with Gasteiger partial charge in [0, 0.05) is 18.7 Å². The summed E-state index contributed by atoms with van der Waals surface area (Å²) in [4.78, 5) is 9.73. The summed E-state index contributed by atoms with van der Waals surface area (Å²) in [6.07, 6.45) is 1.59. The number of aromatic hydroxyl groups is 1. The van der Waals surface area contributed by atoms with Gasteiger partial charge in [0.05, 0.1) is 4.26 Å². The van der Waals surface area contributed by atoms with E-state index in [0.717, 1.165) is 20.6 Å². The average molecular weight is 328 g/mol. The molecule has 3 rings (SSSR count). The van der Waals surface area contributed by atoms with Gasteiger partial charge in [0.15, 0.2) is 12.3 Å². The first-order valence-corrected chi connectivity index (χ1v) is 7.54. The molecule has 0 aliphatic rings. The van der Waals surface area contributed by atoms with Crippen molar-refractivity contribution >= 4 is 28.3 Å². The highest BCUT2D eigenvalue weighted by molar-refractivity contribution is 6.10. The van der Waals surface area contributed by atoms with Crippen molar-refractivity contribution in [1.82, 2.24) is 4.98 Å². The fraction of sp³-hybridized carbons (Fsp3) is 0.111. The molecule has 1 aromatic heterocycles. The van der Waals surface area contributed by atoms with Gasteiger partial charge in [0.25, 0.3) is 5.71 Å². The van der Waals surface area contributed by atoms with Crippen LogP contribution in [0.2, 0.25) is 0 Å².